The first-order valence-electron chi connectivity index (χ1n) is 12.2. The number of amides is 2. The van der Waals surface area contributed by atoms with Gasteiger partial charge in [-0.25, -0.2) is 9.59 Å². The number of halogens is 1. The Balaban J connectivity index is 1.94. The molecule has 0 aromatic heterocycles. The van der Waals surface area contributed by atoms with Crippen LogP contribution in [0.3, 0.4) is 0 Å². The molecule has 3 rings (SSSR count). The molecule has 1 heterocycles. The molecule has 0 spiro atoms. The Morgan fingerprint density at radius 3 is 2.08 bits per heavy atom. The molecule has 8 heteroatoms. The van der Waals surface area contributed by atoms with E-state index in [0.717, 1.165) is 28.0 Å². The van der Waals surface area contributed by atoms with Crippen molar-refractivity contribution in [1.29, 1.82) is 0 Å². The average Bonchev–Trinajstić information content (AvgIpc) is 2.77. The van der Waals surface area contributed by atoms with Gasteiger partial charge in [0.25, 0.3) is 0 Å². The molecule has 198 valence electrons. The molecule has 0 saturated heterocycles. The van der Waals surface area contributed by atoms with E-state index in [4.69, 9.17) is 26.1 Å². The Bertz CT molecular complexity index is 1170. The smallest absolute Gasteiger partial charge is 0.426 e. The number of benzene rings is 2. The monoisotopic (exact) mass is 542 g/mol. The average molecular weight is 543 g/mol. The Labute approximate surface area is 229 Å². The number of hydrogen-bond donors (Lipinski definition) is 0. The van der Waals surface area contributed by atoms with Gasteiger partial charge in [0.05, 0.1) is 5.54 Å². The number of hydrogen-bond acceptors (Lipinski definition) is 6. The summed E-state index contributed by atoms with van der Waals surface area (Å²) in [6, 6.07) is 15.7. The van der Waals surface area contributed by atoms with Crippen molar-refractivity contribution in [3.05, 3.63) is 70.2 Å². The Morgan fingerprint density at radius 1 is 0.946 bits per heavy atom. The fourth-order valence-electron chi connectivity index (χ4n) is 3.55. The van der Waals surface area contributed by atoms with Gasteiger partial charge >= 0.3 is 12.2 Å². The van der Waals surface area contributed by atoms with Crippen LogP contribution in [0.1, 0.15) is 71.6 Å². The molecule has 37 heavy (non-hydrogen) atoms. The zero-order chi connectivity index (χ0) is 27.4. The van der Waals surface area contributed by atoms with Gasteiger partial charge < -0.3 is 9.47 Å². The second-order valence-electron chi connectivity index (χ2n) is 11.1. The molecule has 0 radical (unpaired) electrons. The number of imide groups is 1. The van der Waals surface area contributed by atoms with Crippen LogP contribution in [0.25, 0.3) is 12.2 Å². The van der Waals surface area contributed by atoms with Crippen molar-refractivity contribution in [1.82, 2.24) is 4.90 Å². The van der Waals surface area contributed by atoms with Gasteiger partial charge in [-0.1, -0.05) is 65.8 Å². The van der Waals surface area contributed by atoms with E-state index in [2.05, 4.69) is 6.07 Å². The van der Waals surface area contributed by atoms with E-state index in [9.17, 15) is 9.59 Å². The molecule has 2 amide bonds. The molecule has 0 fully saturated rings. The molecule has 0 saturated carbocycles. The van der Waals surface area contributed by atoms with Crippen LogP contribution in [-0.4, -0.2) is 39.2 Å². The van der Waals surface area contributed by atoms with Crippen LogP contribution in [0, 0.1) is 0 Å². The van der Waals surface area contributed by atoms with E-state index in [0.29, 0.717) is 10.8 Å². The van der Waals surface area contributed by atoms with Gasteiger partial charge in [0.2, 0.25) is 0 Å². The van der Waals surface area contributed by atoms with Crippen LogP contribution in [0.5, 0.6) is 0 Å². The van der Waals surface area contributed by atoms with Crippen LogP contribution in [-0.2, 0) is 15.0 Å². The first kappa shape index (κ1) is 28.8. The molecule has 1 aliphatic rings. The van der Waals surface area contributed by atoms with Crippen LogP contribution in [0.15, 0.2) is 53.5 Å². The highest BCUT2D eigenvalue weighted by atomic mass is 35.5. The lowest BCUT2D eigenvalue weighted by molar-refractivity contribution is 0.0151. The highest BCUT2D eigenvalue weighted by molar-refractivity contribution is 8.13. The second-order valence-corrected chi connectivity index (χ2v) is 12.6. The van der Waals surface area contributed by atoms with Gasteiger partial charge in [0.1, 0.15) is 11.2 Å². The number of carbonyl (C=O) groups excluding carboxylic acids is 2. The largest absolute Gasteiger partial charge is 0.443 e. The minimum Gasteiger partial charge on any atom is -0.443 e. The molecule has 1 aliphatic heterocycles. The number of ether oxygens (including phenoxy) is 2. The van der Waals surface area contributed by atoms with Crippen LogP contribution < -0.4 is 0 Å². The van der Waals surface area contributed by atoms with Crippen molar-refractivity contribution in [2.45, 2.75) is 71.6 Å². The van der Waals surface area contributed by atoms with Gasteiger partial charge in [-0.05, 0) is 89.8 Å². The van der Waals surface area contributed by atoms with E-state index in [-0.39, 0.29) is 5.17 Å². The number of rotatable bonds is 3. The van der Waals surface area contributed by atoms with E-state index in [1.807, 2.05) is 61.5 Å². The maximum Gasteiger partial charge on any atom is 0.426 e. The van der Waals surface area contributed by atoms with Gasteiger partial charge in [0.15, 0.2) is 5.17 Å². The Hall–Kier alpha value is -2.77. The first-order chi connectivity index (χ1) is 17.2. The maximum absolute atomic E-state index is 13.1. The van der Waals surface area contributed by atoms with Crippen LogP contribution in [0.2, 0.25) is 5.02 Å². The van der Waals surface area contributed by atoms with Crippen molar-refractivity contribution in [2.75, 3.05) is 5.75 Å². The minimum absolute atomic E-state index is 0.263. The highest BCUT2D eigenvalue weighted by Gasteiger charge is 2.39. The topological polar surface area (TPSA) is 68.2 Å². The molecular formula is C29H35ClN2O4S. The summed E-state index contributed by atoms with van der Waals surface area (Å²) in [4.78, 5) is 32.1. The normalized spacial score (nSPS) is 18.3. The summed E-state index contributed by atoms with van der Waals surface area (Å²) in [5.74, 6) is 0.669. The zero-order valence-corrected chi connectivity index (χ0v) is 24.1. The van der Waals surface area contributed by atoms with Gasteiger partial charge in [-0.2, -0.15) is 4.90 Å². The van der Waals surface area contributed by atoms with E-state index < -0.39 is 28.9 Å². The van der Waals surface area contributed by atoms with Crippen molar-refractivity contribution >= 4 is 52.9 Å². The quantitative estimate of drug-likeness (QED) is 0.364. The summed E-state index contributed by atoms with van der Waals surface area (Å²) in [7, 11) is 0. The standard InChI is InChI=1S/C29H35ClN2O4S/c1-27(2,3)35-25(33)32(26(34)36-28(4,5)6)24-31-29(7,17-18-37-24)22-10-8-9-21(19-22)12-11-20-13-15-23(30)16-14-20/h8-16,19H,17-18H2,1-7H3/b12-11+. The number of nitrogens with zero attached hydrogens (tertiary/aromatic N) is 2. The lowest BCUT2D eigenvalue weighted by atomic mass is 9.88. The molecule has 6 nitrogen and oxygen atoms in total. The van der Waals surface area contributed by atoms with Gasteiger partial charge in [-0.15, -0.1) is 0 Å². The maximum atomic E-state index is 13.1. The lowest BCUT2D eigenvalue weighted by Gasteiger charge is -2.34. The fraction of sp³-hybridized carbons (Fsp3) is 0.414. The van der Waals surface area contributed by atoms with Crippen molar-refractivity contribution < 1.29 is 19.1 Å². The third kappa shape index (κ3) is 8.37. The summed E-state index contributed by atoms with van der Waals surface area (Å²) in [5.41, 5.74) is 0.821. The summed E-state index contributed by atoms with van der Waals surface area (Å²) in [6.07, 6.45) is 3.18. The molecule has 2 aromatic rings. The van der Waals surface area contributed by atoms with Gasteiger partial charge in [0, 0.05) is 10.8 Å². The SMILES string of the molecule is CC(C)(C)OC(=O)N(C(=O)OC(C)(C)C)C1=NC(C)(c2cccc(/C=C/c3ccc(Cl)cc3)c2)CCS1. The fourth-order valence-corrected chi connectivity index (χ4v) is 4.91. The first-order valence-corrected chi connectivity index (χ1v) is 13.5. The molecule has 2 aromatic carbocycles. The van der Waals surface area contributed by atoms with E-state index >= 15 is 0 Å². The predicted molar refractivity (Wildman–Crippen MR) is 153 cm³/mol. The van der Waals surface area contributed by atoms with E-state index in [1.54, 1.807) is 41.5 Å². The molecule has 1 atom stereocenters. The molecule has 0 bridgehead atoms. The number of aliphatic imine (C=N–C) groups is 1. The third-order valence-electron chi connectivity index (χ3n) is 5.35. The Morgan fingerprint density at radius 2 is 1.51 bits per heavy atom. The second kappa shape index (κ2) is 11.3. The highest BCUT2D eigenvalue weighted by Crippen LogP contribution is 2.37. The molecular weight excluding hydrogens is 508 g/mol. The van der Waals surface area contributed by atoms with E-state index in [1.165, 1.54) is 11.8 Å². The van der Waals surface area contributed by atoms with Crippen molar-refractivity contribution in [3.63, 3.8) is 0 Å². The summed E-state index contributed by atoms with van der Waals surface area (Å²) in [5, 5.41) is 0.960. The predicted octanol–water partition coefficient (Wildman–Crippen LogP) is 8.39. The van der Waals surface area contributed by atoms with Crippen LogP contribution in [0.4, 0.5) is 9.59 Å². The summed E-state index contributed by atoms with van der Waals surface area (Å²) < 4.78 is 11.1. The lowest BCUT2D eigenvalue weighted by Crippen LogP contribution is -2.47. The summed E-state index contributed by atoms with van der Waals surface area (Å²) in [6.45, 7) is 12.5. The third-order valence-corrected chi connectivity index (χ3v) is 6.54. The molecule has 1 unspecified atom stereocenters. The summed E-state index contributed by atoms with van der Waals surface area (Å²) >= 11 is 7.33. The number of carbonyl (C=O) groups is 2. The number of amidine groups is 1. The van der Waals surface area contributed by atoms with Crippen molar-refractivity contribution in [2.24, 2.45) is 4.99 Å². The van der Waals surface area contributed by atoms with Crippen molar-refractivity contribution in [3.8, 4) is 0 Å². The molecule has 0 aliphatic carbocycles. The van der Waals surface area contributed by atoms with Crippen LogP contribution >= 0.6 is 23.4 Å². The minimum atomic E-state index is -0.808. The Kier molecular flexibility index (Phi) is 8.81. The molecule has 0 N–H and O–H groups in total. The van der Waals surface area contributed by atoms with Gasteiger partial charge in [-0.3, -0.25) is 4.99 Å². The zero-order valence-electron chi connectivity index (χ0n) is 22.5. The number of thioether (sulfide) groups is 1.